The molecule has 0 unspecified atom stereocenters. The summed E-state index contributed by atoms with van der Waals surface area (Å²) in [5.41, 5.74) is 2.90. The third kappa shape index (κ3) is 19.8. The first-order valence-corrected chi connectivity index (χ1v) is 19.6. The zero-order valence-electron chi connectivity index (χ0n) is 30.2. The summed E-state index contributed by atoms with van der Waals surface area (Å²) in [5, 5.41) is 3.67. The number of aldehydes is 1. The maximum atomic E-state index is 12.5. The first-order chi connectivity index (χ1) is 22.9. The molecule has 1 aromatic rings. The molecule has 0 amide bonds. The van der Waals surface area contributed by atoms with Crippen molar-refractivity contribution >= 4 is 29.4 Å². The molecule has 2 rings (SSSR count). The molecule has 1 aromatic heterocycles. The molecule has 0 aliphatic carbocycles. The molecule has 47 heavy (non-hydrogen) atoms. The third-order valence-electron chi connectivity index (χ3n) is 8.95. The van der Waals surface area contributed by atoms with Crippen LogP contribution in [0.15, 0.2) is 0 Å². The van der Waals surface area contributed by atoms with Crippen molar-refractivity contribution in [2.75, 3.05) is 53.7 Å². The van der Waals surface area contributed by atoms with Crippen LogP contribution >= 0.6 is 11.3 Å². The van der Waals surface area contributed by atoms with Crippen molar-refractivity contribution in [2.24, 2.45) is 0 Å². The lowest BCUT2D eigenvalue weighted by atomic mass is 9.99. The molecule has 0 bridgehead atoms. The molecule has 0 atom stereocenters. The Balaban J connectivity index is 1.65. The van der Waals surface area contributed by atoms with Gasteiger partial charge in [0.25, 0.3) is 0 Å². The van der Waals surface area contributed by atoms with Crippen LogP contribution in [-0.4, -0.2) is 81.5 Å². The van der Waals surface area contributed by atoms with E-state index in [4.69, 9.17) is 9.47 Å². The number of esters is 1. The number of ether oxygens (including phenoxy) is 2. The fourth-order valence-corrected chi connectivity index (χ4v) is 7.51. The molecular formula is C38H67N3O5S. The van der Waals surface area contributed by atoms with Gasteiger partial charge in [-0.15, -0.1) is 11.3 Å². The Kier molecular flexibility index (Phi) is 24.0. The minimum absolute atomic E-state index is 0.0598. The molecule has 8 nitrogen and oxygen atoms in total. The van der Waals surface area contributed by atoms with Gasteiger partial charge in [-0.3, -0.25) is 14.5 Å². The Labute approximate surface area is 290 Å². The van der Waals surface area contributed by atoms with Crippen molar-refractivity contribution in [1.29, 1.82) is 0 Å². The topological polar surface area (TPSA) is 88.2 Å². The highest BCUT2D eigenvalue weighted by molar-refractivity contribution is 7.12. The molecule has 0 saturated carbocycles. The van der Waals surface area contributed by atoms with E-state index in [1.165, 1.54) is 59.4 Å². The number of Topliss-reactive ketones (excluding diaryl/α,β-unsaturated/α-hetero) is 1. The lowest BCUT2D eigenvalue weighted by Crippen LogP contribution is -2.32. The maximum Gasteiger partial charge on any atom is 0.305 e. The van der Waals surface area contributed by atoms with Gasteiger partial charge in [-0.25, -0.2) is 0 Å². The molecular weight excluding hydrogens is 611 g/mol. The van der Waals surface area contributed by atoms with Gasteiger partial charge in [0, 0.05) is 61.7 Å². The molecule has 0 spiro atoms. The van der Waals surface area contributed by atoms with Crippen molar-refractivity contribution < 1.29 is 23.9 Å². The van der Waals surface area contributed by atoms with Crippen LogP contribution in [0.3, 0.4) is 0 Å². The van der Waals surface area contributed by atoms with E-state index in [1.54, 1.807) is 0 Å². The second-order valence-electron chi connectivity index (χ2n) is 13.5. The van der Waals surface area contributed by atoms with Crippen LogP contribution in [0, 0.1) is 0 Å². The first-order valence-electron chi connectivity index (χ1n) is 18.8. The molecule has 0 aromatic carbocycles. The highest BCUT2D eigenvalue weighted by atomic mass is 32.1. The van der Waals surface area contributed by atoms with E-state index in [2.05, 4.69) is 36.1 Å². The quantitative estimate of drug-likeness (QED) is 0.0488. The standard InChI is InChI=1S/C38H67N3O5S/c1-4-5-6-7-8-9-10-17-29-46-38(44)20-14-12-16-28-45-32-41-26-23-34-35(30-39-24-18-25-40(2)3)36(47-37(34)31-41)22-21-33(43)19-13-11-15-27-42/h27,39H,4-26,28-32H2,1-3H3. The van der Waals surface area contributed by atoms with Gasteiger partial charge in [-0.05, 0) is 89.7 Å². The molecule has 1 aliphatic rings. The van der Waals surface area contributed by atoms with E-state index in [-0.39, 0.29) is 5.97 Å². The maximum absolute atomic E-state index is 12.5. The molecule has 0 fully saturated rings. The highest BCUT2D eigenvalue weighted by Gasteiger charge is 2.24. The van der Waals surface area contributed by atoms with E-state index in [9.17, 15) is 14.4 Å². The molecule has 270 valence electrons. The van der Waals surface area contributed by atoms with Crippen molar-refractivity contribution in [3.63, 3.8) is 0 Å². The summed E-state index contributed by atoms with van der Waals surface area (Å²) in [5.74, 6) is 0.244. The molecule has 2 heterocycles. The summed E-state index contributed by atoms with van der Waals surface area (Å²) in [6.45, 7) is 8.96. The summed E-state index contributed by atoms with van der Waals surface area (Å²) in [6, 6.07) is 0. The minimum atomic E-state index is -0.0598. The molecule has 1 N–H and O–H groups in total. The third-order valence-corrected chi connectivity index (χ3v) is 10.3. The Morgan fingerprint density at radius 3 is 2.38 bits per heavy atom. The van der Waals surface area contributed by atoms with Crippen molar-refractivity contribution in [3.8, 4) is 0 Å². The smallest absolute Gasteiger partial charge is 0.305 e. The average Bonchev–Trinajstić information content (AvgIpc) is 3.40. The zero-order chi connectivity index (χ0) is 34.0. The number of aryl methyl sites for hydroxylation is 1. The van der Waals surface area contributed by atoms with Crippen LogP contribution < -0.4 is 5.32 Å². The number of unbranched alkanes of at least 4 members (excludes halogenated alkanes) is 11. The number of carbonyl (C=O) groups is 3. The van der Waals surface area contributed by atoms with Gasteiger partial charge in [-0.2, -0.15) is 0 Å². The number of thiophene rings is 1. The molecule has 0 radical (unpaired) electrons. The zero-order valence-corrected chi connectivity index (χ0v) is 31.0. The van der Waals surface area contributed by atoms with Gasteiger partial charge in [0.05, 0.1) is 13.3 Å². The Morgan fingerprint density at radius 1 is 0.894 bits per heavy atom. The van der Waals surface area contributed by atoms with Crippen molar-refractivity contribution in [3.05, 3.63) is 20.9 Å². The summed E-state index contributed by atoms with van der Waals surface area (Å²) in [6.07, 6.45) is 20.5. The van der Waals surface area contributed by atoms with Crippen molar-refractivity contribution in [2.45, 2.75) is 148 Å². The number of nitrogens with one attached hydrogen (secondary N) is 1. The summed E-state index contributed by atoms with van der Waals surface area (Å²) in [4.78, 5) is 42.5. The number of fused-ring (bicyclic) bond motifs is 1. The van der Waals surface area contributed by atoms with Crippen molar-refractivity contribution in [1.82, 2.24) is 15.1 Å². The lowest BCUT2D eigenvalue weighted by molar-refractivity contribution is -0.144. The van der Waals surface area contributed by atoms with Gasteiger partial charge in [0.1, 0.15) is 12.1 Å². The van der Waals surface area contributed by atoms with Gasteiger partial charge < -0.3 is 24.5 Å². The second-order valence-corrected chi connectivity index (χ2v) is 14.7. The Bertz CT molecular complexity index is 983. The van der Waals surface area contributed by atoms with Crippen LogP contribution in [0.4, 0.5) is 0 Å². The predicted octanol–water partition coefficient (Wildman–Crippen LogP) is 7.63. The van der Waals surface area contributed by atoms with Gasteiger partial charge in [0.15, 0.2) is 0 Å². The minimum Gasteiger partial charge on any atom is -0.466 e. The number of carbonyl (C=O) groups excluding carboxylic acids is 3. The van der Waals surface area contributed by atoms with Crippen LogP contribution in [-0.2, 0) is 49.8 Å². The van der Waals surface area contributed by atoms with E-state index in [1.807, 2.05) is 11.3 Å². The SMILES string of the molecule is CCCCCCCCCCOC(=O)CCCCCOCN1CCc2c(sc(CCC(=O)CCCCC=O)c2CNCCCN(C)C)C1. The normalized spacial score (nSPS) is 13.3. The summed E-state index contributed by atoms with van der Waals surface area (Å²) < 4.78 is 11.5. The van der Waals surface area contributed by atoms with E-state index < -0.39 is 0 Å². The van der Waals surface area contributed by atoms with E-state index in [0.717, 1.165) is 103 Å². The molecule has 0 saturated heterocycles. The number of rotatable bonds is 31. The fraction of sp³-hybridized carbons (Fsp3) is 0.816. The summed E-state index contributed by atoms with van der Waals surface area (Å²) >= 11 is 1.89. The van der Waals surface area contributed by atoms with Gasteiger partial charge in [0.2, 0.25) is 0 Å². The van der Waals surface area contributed by atoms with E-state index >= 15 is 0 Å². The fourth-order valence-electron chi connectivity index (χ4n) is 6.10. The van der Waals surface area contributed by atoms with Gasteiger partial charge >= 0.3 is 5.97 Å². The average molecular weight is 678 g/mol. The van der Waals surface area contributed by atoms with Gasteiger partial charge in [-0.1, -0.05) is 58.3 Å². The Morgan fingerprint density at radius 2 is 1.62 bits per heavy atom. The summed E-state index contributed by atoms with van der Waals surface area (Å²) in [7, 11) is 4.22. The number of ketones is 1. The predicted molar refractivity (Wildman–Crippen MR) is 194 cm³/mol. The number of nitrogens with zero attached hydrogens (tertiary/aromatic N) is 2. The second kappa shape index (κ2) is 27.2. The van der Waals surface area contributed by atoms with E-state index in [0.29, 0.717) is 51.4 Å². The van der Waals surface area contributed by atoms with Crippen LogP contribution in [0.2, 0.25) is 0 Å². The number of hydrogen-bond donors (Lipinski definition) is 1. The molecule has 9 heteroatoms. The Hall–Kier alpha value is -1.65. The lowest BCUT2D eigenvalue weighted by Gasteiger charge is -2.27. The highest BCUT2D eigenvalue weighted by Crippen LogP contribution is 2.34. The molecule has 1 aliphatic heterocycles. The number of hydrogen-bond acceptors (Lipinski definition) is 9. The van der Waals surface area contributed by atoms with Crippen LogP contribution in [0.25, 0.3) is 0 Å². The monoisotopic (exact) mass is 677 g/mol. The van der Waals surface area contributed by atoms with Crippen LogP contribution in [0.1, 0.15) is 143 Å². The largest absolute Gasteiger partial charge is 0.466 e. The van der Waals surface area contributed by atoms with Crippen LogP contribution in [0.5, 0.6) is 0 Å². The first kappa shape index (κ1) is 41.5.